The molecule has 0 radical (unpaired) electrons. The summed E-state index contributed by atoms with van der Waals surface area (Å²) in [5, 5.41) is 15.9. The fourth-order valence-electron chi connectivity index (χ4n) is 3.48. The number of rotatable bonds is 6. The molecule has 4 rings (SSSR count). The topological polar surface area (TPSA) is 86.8 Å². The van der Waals surface area contributed by atoms with Gasteiger partial charge in [-0.15, -0.1) is 0 Å². The summed E-state index contributed by atoms with van der Waals surface area (Å²) < 4.78 is 15.3. The van der Waals surface area contributed by atoms with Crippen LogP contribution >= 0.6 is 0 Å². The van der Waals surface area contributed by atoms with Crippen LogP contribution in [0.25, 0.3) is 0 Å². The average Bonchev–Trinajstić information content (AvgIpc) is 3.41. The number of carbonyl (C=O) groups is 1. The van der Waals surface area contributed by atoms with E-state index in [0.717, 1.165) is 24.5 Å². The van der Waals surface area contributed by atoms with Gasteiger partial charge in [0.2, 0.25) is 5.91 Å². The summed E-state index contributed by atoms with van der Waals surface area (Å²) in [6.45, 7) is 2.40. The summed E-state index contributed by atoms with van der Waals surface area (Å²) in [7, 11) is 0. The van der Waals surface area contributed by atoms with Gasteiger partial charge in [0.15, 0.2) is 5.82 Å². The van der Waals surface area contributed by atoms with Crippen LogP contribution in [0.5, 0.6) is 0 Å². The maximum absolute atomic E-state index is 13.7. The largest absolute Gasteiger partial charge is 0.357 e. The van der Waals surface area contributed by atoms with E-state index >= 15 is 0 Å². The number of halogens is 1. The first-order valence-electron chi connectivity index (χ1n) is 9.82. The van der Waals surface area contributed by atoms with Gasteiger partial charge in [0.05, 0.1) is 18.5 Å². The first-order valence-corrected chi connectivity index (χ1v) is 9.82. The Labute approximate surface area is 173 Å². The van der Waals surface area contributed by atoms with Gasteiger partial charge in [-0.1, -0.05) is 12.1 Å². The molecule has 0 saturated carbocycles. The van der Waals surface area contributed by atoms with Crippen LogP contribution in [-0.4, -0.2) is 33.8 Å². The fraction of sp³-hybridized carbons (Fsp3) is 0.273. The number of amides is 1. The number of pyridine rings is 1. The molecule has 30 heavy (non-hydrogen) atoms. The van der Waals surface area contributed by atoms with Crippen LogP contribution in [-0.2, 0) is 17.8 Å². The first-order chi connectivity index (χ1) is 14.6. The van der Waals surface area contributed by atoms with Crippen LogP contribution in [0, 0.1) is 17.1 Å². The van der Waals surface area contributed by atoms with Crippen molar-refractivity contribution in [3.05, 3.63) is 71.3 Å². The Morgan fingerprint density at radius 2 is 1.97 bits per heavy atom. The Bertz CT molecular complexity index is 1080. The van der Waals surface area contributed by atoms with Crippen LogP contribution in [0.3, 0.4) is 0 Å². The van der Waals surface area contributed by atoms with Gasteiger partial charge in [0.25, 0.3) is 0 Å². The van der Waals surface area contributed by atoms with E-state index in [-0.39, 0.29) is 17.9 Å². The molecule has 1 aliphatic rings. The number of benzene rings is 1. The number of hydrogen-bond donors (Lipinski definition) is 1. The van der Waals surface area contributed by atoms with Gasteiger partial charge in [-0.05, 0) is 42.2 Å². The number of hydrogen-bond acceptors (Lipinski definition) is 5. The predicted octanol–water partition coefficient (Wildman–Crippen LogP) is 3.12. The van der Waals surface area contributed by atoms with Crippen LogP contribution in [0.2, 0.25) is 0 Å². The van der Waals surface area contributed by atoms with Crippen molar-refractivity contribution in [2.24, 2.45) is 0 Å². The number of nitrogens with zero attached hydrogens (tertiary/aromatic N) is 5. The molecule has 7 nitrogen and oxygen atoms in total. The van der Waals surface area contributed by atoms with Crippen molar-refractivity contribution in [3.63, 3.8) is 0 Å². The van der Waals surface area contributed by atoms with Crippen molar-refractivity contribution in [2.75, 3.05) is 23.3 Å². The Kier molecular flexibility index (Phi) is 5.70. The molecule has 1 saturated heterocycles. The second-order valence-electron chi connectivity index (χ2n) is 7.27. The minimum absolute atomic E-state index is 0.00937. The number of nitriles is 1. The van der Waals surface area contributed by atoms with E-state index in [9.17, 15) is 9.18 Å². The van der Waals surface area contributed by atoms with Crippen LogP contribution in [0.4, 0.5) is 16.0 Å². The summed E-state index contributed by atoms with van der Waals surface area (Å²) in [6, 6.07) is 11.8. The van der Waals surface area contributed by atoms with Crippen molar-refractivity contribution in [1.82, 2.24) is 14.8 Å². The molecule has 0 atom stereocenters. The van der Waals surface area contributed by atoms with E-state index < -0.39 is 5.82 Å². The Hall–Kier alpha value is -3.73. The molecule has 3 heterocycles. The molecular weight excluding hydrogens is 383 g/mol. The third-order valence-electron chi connectivity index (χ3n) is 5.01. The normalized spacial score (nSPS) is 13.3. The van der Waals surface area contributed by atoms with Gasteiger partial charge in [0, 0.05) is 31.5 Å². The summed E-state index contributed by atoms with van der Waals surface area (Å²) >= 11 is 0. The Balaban J connectivity index is 1.32. The van der Waals surface area contributed by atoms with Crippen molar-refractivity contribution in [2.45, 2.75) is 25.8 Å². The van der Waals surface area contributed by atoms with Crippen molar-refractivity contribution in [3.8, 4) is 6.07 Å². The highest BCUT2D eigenvalue weighted by atomic mass is 19.1. The summed E-state index contributed by atoms with van der Waals surface area (Å²) in [4.78, 5) is 19.0. The number of carbonyl (C=O) groups excluding carboxylic acids is 1. The lowest BCUT2D eigenvalue weighted by Crippen LogP contribution is -2.19. The second kappa shape index (κ2) is 8.74. The molecule has 152 valence electrons. The average molecular weight is 404 g/mol. The summed E-state index contributed by atoms with van der Waals surface area (Å²) in [5.74, 6) is 0.644. The molecule has 0 aliphatic carbocycles. The molecule has 8 heteroatoms. The molecule has 2 aromatic heterocycles. The zero-order valence-electron chi connectivity index (χ0n) is 16.4. The van der Waals surface area contributed by atoms with E-state index in [0.29, 0.717) is 17.9 Å². The van der Waals surface area contributed by atoms with Gasteiger partial charge in [-0.2, -0.15) is 10.4 Å². The molecule has 0 unspecified atom stereocenters. The molecule has 3 aromatic rings. The SMILES string of the molecule is N#Cc1ccc(Cn2ccc(NC(=O)Cc3ccc(N4CCCC4)nc3)n2)cc1F. The quantitative estimate of drug-likeness (QED) is 0.682. The van der Waals surface area contributed by atoms with E-state index in [1.54, 1.807) is 35.3 Å². The van der Waals surface area contributed by atoms with Crippen LogP contribution in [0.15, 0.2) is 48.8 Å². The lowest BCUT2D eigenvalue weighted by molar-refractivity contribution is -0.115. The van der Waals surface area contributed by atoms with Gasteiger partial charge in [-0.25, -0.2) is 9.37 Å². The highest BCUT2D eigenvalue weighted by molar-refractivity contribution is 5.91. The molecular formula is C22H21FN6O. The number of nitrogens with one attached hydrogen (secondary N) is 1. The van der Waals surface area contributed by atoms with Gasteiger partial charge in [-0.3, -0.25) is 9.48 Å². The summed E-state index contributed by atoms with van der Waals surface area (Å²) in [5.41, 5.74) is 1.52. The first kappa shape index (κ1) is 19.6. The predicted molar refractivity (Wildman–Crippen MR) is 110 cm³/mol. The second-order valence-corrected chi connectivity index (χ2v) is 7.27. The minimum Gasteiger partial charge on any atom is -0.357 e. The number of aromatic nitrogens is 3. The van der Waals surface area contributed by atoms with Crippen LogP contribution in [0.1, 0.15) is 29.5 Å². The Morgan fingerprint density at radius 1 is 1.17 bits per heavy atom. The van der Waals surface area contributed by atoms with Crippen LogP contribution < -0.4 is 10.2 Å². The molecule has 0 spiro atoms. The molecule has 1 fully saturated rings. The minimum atomic E-state index is -0.556. The number of anilines is 2. The zero-order chi connectivity index (χ0) is 20.9. The van der Waals surface area contributed by atoms with E-state index in [1.807, 2.05) is 12.1 Å². The van der Waals surface area contributed by atoms with Crippen molar-refractivity contribution >= 4 is 17.5 Å². The van der Waals surface area contributed by atoms with E-state index in [1.165, 1.54) is 25.0 Å². The molecule has 1 aromatic carbocycles. The van der Waals surface area contributed by atoms with Gasteiger partial charge >= 0.3 is 0 Å². The third-order valence-corrected chi connectivity index (χ3v) is 5.01. The van der Waals surface area contributed by atoms with Crippen molar-refractivity contribution in [1.29, 1.82) is 5.26 Å². The molecule has 0 bridgehead atoms. The zero-order valence-corrected chi connectivity index (χ0v) is 16.4. The monoisotopic (exact) mass is 404 g/mol. The highest BCUT2D eigenvalue weighted by Crippen LogP contribution is 2.18. The Morgan fingerprint density at radius 3 is 2.67 bits per heavy atom. The van der Waals surface area contributed by atoms with Crippen molar-refractivity contribution < 1.29 is 9.18 Å². The maximum atomic E-state index is 13.7. The molecule has 1 N–H and O–H groups in total. The molecule has 1 aliphatic heterocycles. The lowest BCUT2D eigenvalue weighted by atomic mass is 10.1. The lowest BCUT2D eigenvalue weighted by Gasteiger charge is -2.16. The fourth-order valence-corrected chi connectivity index (χ4v) is 3.48. The van der Waals surface area contributed by atoms with Gasteiger partial charge in [0.1, 0.15) is 17.7 Å². The highest BCUT2D eigenvalue weighted by Gasteiger charge is 2.14. The molecule has 1 amide bonds. The summed E-state index contributed by atoms with van der Waals surface area (Å²) in [6.07, 6.45) is 6.04. The van der Waals surface area contributed by atoms with E-state index in [4.69, 9.17) is 5.26 Å². The smallest absolute Gasteiger partial charge is 0.230 e. The standard InChI is InChI=1S/C22H21FN6O/c23-19-11-17(3-5-18(19)13-24)15-29-10-7-20(27-29)26-22(30)12-16-4-6-21(25-14-16)28-8-1-2-9-28/h3-7,10-11,14H,1-2,8-9,12,15H2,(H,26,27,30). The maximum Gasteiger partial charge on any atom is 0.230 e. The van der Waals surface area contributed by atoms with Gasteiger partial charge < -0.3 is 10.2 Å². The third kappa shape index (κ3) is 4.63. The van der Waals surface area contributed by atoms with E-state index in [2.05, 4.69) is 20.3 Å².